The second kappa shape index (κ2) is 12.8. The van der Waals surface area contributed by atoms with Gasteiger partial charge < -0.3 is 10.2 Å². The summed E-state index contributed by atoms with van der Waals surface area (Å²) in [5, 5.41) is 7.54. The highest BCUT2D eigenvalue weighted by atomic mass is 16.1. The van der Waals surface area contributed by atoms with E-state index in [0.29, 0.717) is 12.5 Å². The first-order chi connectivity index (χ1) is 15.5. The number of allylic oxidation sites excluding steroid dienone is 2. The number of nitrogens with zero attached hydrogens (tertiary/aromatic N) is 1. The summed E-state index contributed by atoms with van der Waals surface area (Å²) in [6, 6.07) is 9.28. The summed E-state index contributed by atoms with van der Waals surface area (Å²) in [6.45, 7) is 17.2. The fraction of sp³-hybridized carbons (Fsp3) is 0.607. The lowest BCUT2D eigenvalue weighted by Gasteiger charge is -2.33. The average Bonchev–Trinajstić information content (AvgIpc) is 2.97. The number of hydrogen-bond donors (Lipinski definition) is 2. The lowest BCUT2D eigenvalue weighted by molar-refractivity contribution is -0.121. The van der Waals surface area contributed by atoms with Crippen LogP contribution in [0.2, 0.25) is 0 Å². The number of carbonyl (C=O) groups excluding carboxylic acids is 1. The van der Waals surface area contributed by atoms with Gasteiger partial charge in [0.15, 0.2) is 6.29 Å². The van der Waals surface area contributed by atoms with E-state index in [1.807, 2.05) is 34.6 Å². The third kappa shape index (κ3) is 6.25. The molecule has 1 aromatic carbocycles. The van der Waals surface area contributed by atoms with Crippen LogP contribution in [-0.4, -0.2) is 23.0 Å². The second-order valence-corrected chi connectivity index (χ2v) is 8.75. The highest BCUT2D eigenvalue weighted by Gasteiger charge is 2.40. The van der Waals surface area contributed by atoms with Gasteiger partial charge in [-0.1, -0.05) is 89.8 Å². The Labute approximate surface area is 196 Å². The maximum Gasteiger partial charge on any atom is 0.155 e. The van der Waals surface area contributed by atoms with Crippen molar-refractivity contribution in [2.45, 2.75) is 105 Å². The highest BCUT2D eigenvalue weighted by molar-refractivity contribution is 5.88. The van der Waals surface area contributed by atoms with E-state index in [1.165, 1.54) is 49.7 Å². The first-order valence-corrected chi connectivity index (χ1v) is 12.8. The predicted octanol–water partition coefficient (Wildman–Crippen LogP) is 6.43. The van der Waals surface area contributed by atoms with E-state index in [0.717, 1.165) is 23.5 Å². The first kappa shape index (κ1) is 26.2. The summed E-state index contributed by atoms with van der Waals surface area (Å²) in [4.78, 5) is 14.8. The number of carbonyl (C=O) groups is 1. The third-order valence-electron chi connectivity index (χ3n) is 6.51. The molecule has 32 heavy (non-hydrogen) atoms. The summed E-state index contributed by atoms with van der Waals surface area (Å²) in [5.41, 5.74) is 5.71. The maximum atomic E-state index is 12.4. The zero-order valence-corrected chi connectivity index (χ0v) is 21.3. The van der Waals surface area contributed by atoms with Crippen molar-refractivity contribution in [3.05, 3.63) is 58.9 Å². The minimum absolute atomic E-state index is 0.0273. The fourth-order valence-electron chi connectivity index (χ4n) is 4.77. The number of rotatable bonds is 4. The zero-order valence-electron chi connectivity index (χ0n) is 21.3. The topological polar surface area (TPSA) is 44.4 Å². The molecule has 4 heteroatoms. The Hall–Kier alpha value is -2.07. The number of hydrogen-bond acceptors (Lipinski definition) is 4. The Morgan fingerprint density at radius 3 is 2.22 bits per heavy atom. The zero-order chi connectivity index (χ0) is 23.7. The molecule has 1 heterocycles. The Kier molecular flexibility index (Phi) is 10.5. The molecule has 2 aliphatic carbocycles. The average molecular weight is 440 g/mol. The van der Waals surface area contributed by atoms with E-state index in [-0.39, 0.29) is 18.0 Å². The van der Waals surface area contributed by atoms with Crippen LogP contribution in [0.25, 0.3) is 0 Å². The second-order valence-electron chi connectivity index (χ2n) is 8.75. The summed E-state index contributed by atoms with van der Waals surface area (Å²) in [6.07, 6.45) is 8.25. The quantitative estimate of drug-likeness (QED) is 0.531. The summed E-state index contributed by atoms with van der Waals surface area (Å²) >= 11 is 0. The fourth-order valence-corrected chi connectivity index (χ4v) is 4.77. The van der Waals surface area contributed by atoms with Crippen LogP contribution in [-0.2, 0) is 11.3 Å². The summed E-state index contributed by atoms with van der Waals surface area (Å²) in [5.74, 6) is 0.184. The molecule has 2 N–H and O–H groups in total. The molecule has 0 bridgehead atoms. The molecule has 4 nitrogen and oxygen atoms in total. The summed E-state index contributed by atoms with van der Waals surface area (Å²) in [7, 11) is 0. The van der Waals surface area contributed by atoms with E-state index >= 15 is 0 Å². The Bertz CT molecular complexity index is 772. The van der Waals surface area contributed by atoms with Crippen LogP contribution in [0.15, 0.2) is 47.8 Å². The van der Waals surface area contributed by atoms with E-state index in [9.17, 15) is 4.79 Å². The van der Waals surface area contributed by atoms with E-state index in [2.05, 4.69) is 53.3 Å². The molecule has 0 spiro atoms. The number of aryl methyl sites for hydroxylation is 1. The molecule has 1 saturated carbocycles. The smallest absolute Gasteiger partial charge is 0.155 e. The van der Waals surface area contributed by atoms with Gasteiger partial charge in [0.25, 0.3) is 0 Å². The van der Waals surface area contributed by atoms with Gasteiger partial charge in [-0.15, -0.1) is 0 Å². The van der Waals surface area contributed by atoms with Gasteiger partial charge in [-0.2, -0.15) is 0 Å². The van der Waals surface area contributed by atoms with Crippen molar-refractivity contribution in [2.75, 3.05) is 0 Å². The molecule has 1 fully saturated rings. The molecule has 0 radical (unpaired) electrons. The Morgan fingerprint density at radius 1 is 1.03 bits per heavy atom. The number of ketones is 1. The van der Waals surface area contributed by atoms with Crippen molar-refractivity contribution in [1.29, 1.82) is 0 Å². The highest BCUT2D eigenvalue weighted by Crippen LogP contribution is 2.37. The number of benzene rings is 1. The molecule has 2 unspecified atom stereocenters. The van der Waals surface area contributed by atoms with Crippen LogP contribution in [0.3, 0.4) is 0 Å². The molecular formula is C28H45N3O. The first-order valence-electron chi connectivity index (χ1n) is 12.8. The molecule has 1 aromatic rings. The number of Topliss-reactive ketones (excluding diaryl/α,β-unsaturated/α-hetero) is 1. The minimum Gasteiger partial charge on any atom is -0.354 e. The molecule has 2 atom stereocenters. The monoisotopic (exact) mass is 439 g/mol. The van der Waals surface area contributed by atoms with Crippen molar-refractivity contribution >= 4 is 5.78 Å². The van der Waals surface area contributed by atoms with Gasteiger partial charge in [0.2, 0.25) is 0 Å². The van der Waals surface area contributed by atoms with Gasteiger partial charge in [-0.05, 0) is 37.8 Å². The van der Waals surface area contributed by atoms with Crippen LogP contribution in [0.1, 0.15) is 90.7 Å². The lowest BCUT2D eigenvalue weighted by atomic mass is 9.87. The summed E-state index contributed by atoms with van der Waals surface area (Å²) < 4.78 is 0. The van der Waals surface area contributed by atoms with Gasteiger partial charge in [-0.3, -0.25) is 10.1 Å². The van der Waals surface area contributed by atoms with Crippen molar-refractivity contribution in [1.82, 2.24) is 15.5 Å². The molecule has 178 valence electrons. The Balaban J connectivity index is 0.000000860. The predicted molar refractivity (Wildman–Crippen MR) is 136 cm³/mol. The molecule has 0 saturated heterocycles. The van der Waals surface area contributed by atoms with Crippen LogP contribution in [0.4, 0.5) is 0 Å². The van der Waals surface area contributed by atoms with Crippen molar-refractivity contribution in [3.8, 4) is 0 Å². The van der Waals surface area contributed by atoms with Gasteiger partial charge in [-0.25, -0.2) is 0 Å². The van der Waals surface area contributed by atoms with Crippen LogP contribution >= 0.6 is 0 Å². The van der Waals surface area contributed by atoms with Gasteiger partial charge >= 0.3 is 0 Å². The molecule has 1 aliphatic heterocycles. The Morgan fingerprint density at radius 2 is 1.62 bits per heavy atom. The van der Waals surface area contributed by atoms with Crippen LogP contribution in [0.5, 0.6) is 0 Å². The molecule has 0 aromatic heterocycles. The standard InChI is InChI=1S/C24H33N3O.2C2H6/c1-16-10-12-19(13-11-16)15-27-23-17(2)14-21(28)18(3)22(23)26-24(27)25-20-8-6-4-5-7-9-20;2*1-2/h10-13,18,20,24-26H,2,4-9,14-15H2,1,3H3;2*1-2H3. The van der Waals surface area contributed by atoms with Crippen molar-refractivity contribution in [3.63, 3.8) is 0 Å². The molecule has 3 aliphatic rings. The molecule has 0 amide bonds. The van der Waals surface area contributed by atoms with Crippen LogP contribution < -0.4 is 10.6 Å². The van der Waals surface area contributed by atoms with Gasteiger partial charge in [0.1, 0.15) is 5.78 Å². The maximum absolute atomic E-state index is 12.4. The van der Waals surface area contributed by atoms with Crippen molar-refractivity contribution in [2.24, 2.45) is 5.92 Å². The van der Waals surface area contributed by atoms with Gasteiger partial charge in [0, 0.05) is 24.7 Å². The number of nitrogens with one attached hydrogen (secondary N) is 2. The normalized spacial score (nSPS) is 23.4. The van der Waals surface area contributed by atoms with E-state index in [4.69, 9.17) is 0 Å². The largest absolute Gasteiger partial charge is 0.354 e. The molecular weight excluding hydrogens is 394 g/mol. The van der Waals surface area contributed by atoms with E-state index in [1.54, 1.807) is 0 Å². The van der Waals surface area contributed by atoms with Gasteiger partial charge in [0.05, 0.1) is 11.6 Å². The van der Waals surface area contributed by atoms with Crippen molar-refractivity contribution < 1.29 is 4.79 Å². The van der Waals surface area contributed by atoms with Crippen LogP contribution in [0, 0.1) is 12.8 Å². The molecule has 4 rings (SSSR count). The third-order valence-corrected chi connectivity index (χ3v) is 6.51. The SMILES string of the molecule is C=C1CC(=O)C(C)C2=C1N(Cc1ccc(C)cc1)C(NC1CCCCCC1)N2.CC.CC. The van der Waals surface area contributed by atoms with E-state index < -0.39 is 0 Å². The lowest BCUT2D eigenvalue weighted by Crippen LogP contribution is -2.52. The minimum atomic E-state index is -0.0815.